The van der Waals surface area contributed by atoms with Crippen LogP contribution in [0, 0.1) is 22.7 Å². The summed E-state index contributed by atoms with van der Waals surface area (Å²) in [5, 5.41) is 20.2. The second kappa shape index (κ2) is 51.0. The molecule has 0 aliphatic heterocycles. The SMILES string of the molecule is CCCCCCCCCCCCSC(=S)SC(C)(C#N)CCC(=O)OC(OSSOCCCCCCCCCCSSCC)OC(=O)CCC(C)(C#N)SC(=S)SCCCCCCCCCCCC. The molecule has 0 saturated heterocycles. The van der Waals surface area contributed by atoms with Gasteiger partial charge in [0.1, 0.15) is 16.6 Å². The predicted octanol–water partition coefficient (Wildman–Crippen LogP) is 19.6. The van der Waals surface area contributed by atoms with Crippen LogP contribution in [0.25, 0.3) is 0 Å². The number of unbranched alkanes of at least 4 members (excludes halogenated alkanes) is 25. The molecule has 8 nitrogen and oxygen atoms in total. The van der Waals surface area contributed by atoms with E-state index >= 15 is 0 Å². The normalized spacial score (nSPS) is 13.5. The summed E-state index contributed by atoms with van der Waals surface area (Å²) < 4.78 is 21.8. The predicted molar refractivity (Wildman–Crippen MR) is 321 cm³/mol. The van der Waals surface area contributed by atoms with E-state index in [1.54, 1.807) is 37.4 Å². The van der Waals surface area contributed by atoms with Gasteiger partial charge in [-0.25, -0.2) is 4.18 Å². The molecular formula is C51H90N2O6S10. The molecule has 0 heterocycles. The quantitative estimate of drug-likeness (QED) is 0.0143. The average Bonchev–Trinajstić information content (AvgIpc) is 3.33. The van der Waals surface area contributed by atoms with E-state index in [2.05, 4.69) is 32.9 Å². The van der Waals surface area contributed by atoms with Crippen molar-refractivity contribution in [1.82, 2.24) is 0 Å². The molecular weight excluding hydrogens is 1060 g/mol. The Hall–Kier alpha value is 0.820. The number of hydrogen-bond donors (Lipinski definition) is 0. The monoisotopic (exact) mass is 1150 g/mol. The van der Waals surface area contributed by atoms with Gasteiger partial charge in [0.05, 0.1) is 40.9 Å². The van der Waals surface area contributed by atoms with E-state index in [9.17, 15) is 20.1 Å². The van der Waals surface area contributed by atoms with Crippen LogP contribution in [0.15, 0.2) is 0 Å². The number of esters is 2. The van der Waals surface area contributed by atoms with Crippen molar-refractivity contribution < 1.29 is 27.4 Å². The standard InChI is InChI=1S/C51H90N2O6S10/c1-6-9-11-13-15-17-20-24-28-32-40-62-48(60)66-50(4,43-52)37-35-45(54)57-47(59-69-68-56-39-31-27-23-19-22-26-30-34-42-65-64-8-3)58-46(55)36-38-51(5,44-53)67-49(61)63-41-33-29-25-21-18-16-14-12-10-7-2/h47H,6-42H2,1-5H3. The Morgan fingerprint density at radius 3 is 1.25 bits per heavy atom. The van der Waals surface area contributed by atoms with Crippen LogP contribution >= 0.6 is 115 Å². The largest absolute Gasteiger partial charge is 0.400 e. The van der Waals surface area contributed by atoms with Crippen molar-refractivity contribution in [3.63, 3.8) is 0 Å². The lowest BCUT2D eigenvalue weighted by Gasteiger charge is -2.22. The maximum Gasteiger partial charge on any atom is 0.376 e. The first-order valence-corrected chi connectivity index (χ1v) is 35.2. The van der Waals surface area contributed by atoms with Crippen LogP contribution in [-0.2, 0) is 27.4 Å². The minimum Gasteiger partial charge on any atom is -0.400 e. The van der Waals surface area contributed by atoms with Crippen LogP contribution in [0.3, 0.4) is 0 Å². The average molecular weight is 1150 g/mol. The van der Waals surface area contributed by atoms with Crippen molar-refractivity contribution in [2.75, 3.05) is 29.6 Å². The first kappa shape index (κ1) is 69.8. The Balaban J connectivity index is 4.96. The molecule has 0 aromatic heterocycles. The molecule has 0 aromatic carbocycles. The van der Waals surface area contributed by atoms with Crippen LogP contribution < -0.4 is 0 Å². The number of thiocarbonyl (C=S) groups is 2. The molecule has 0 saturated carbocycles. The minimum absolute atomic E-state index is 0.108. The highest BCUT2D eigenvalue weighted by Crippen LogP contribution is 2.37. The number of carbonyl (C=O) groups is 2. The molecule has 0 rings (SSSR count). The number of rotatable bonds is 49. The topological polar surface area (TPSA) is 119 Å². The summed E-state index contributed by atoms with van der Waals surface area (Å²) in [5.74, 6) is 2.87. The minimum atomic E-state index is -1.65. The first-order chi connectivity index (χ1) is 33.5. The lowest BCUT2D eigenvalue weighted by molar-refractivity contribution is -0.231. The zero-order chi connectivity index (χ0) is 50.9. The molecule has 0 aliphatic rings. The molecule has 400 valence electrons. The van der Waals surface area contributed by atoms with Gasteiger partial charge in [0.2, 0.25) is 0 Å². The summed E-state index contributed by atoms with van der Waals surface area (Å²) in [5.41, 5.74) is 0. The van der Waals surface area contributed by atoms with Gasteiger partial charge >= 0.3 is 18.4 Å². The van der Waals surface area contributed by atoms with Crippen molar-refractivity contribution in [2.45, 2.75) is 256 Å². The van der Waals surface area contributed by atoms with E-state index in [1.807, 2.05) is 21.6 Å². The van der Waals surface area contributed by atoms with Crippen molar-refractivity contribution >= 4 is 134 Å². The van der Waals surface area contributed by atoms with Gasteiger partial charge in [-0.3, -0.25) is 9.59 Å². The Morgan fingerprint density at radius 2 is 0.870 bits per heavy atom. The van der Waals surface area contributed by atoms with Gasteiger partial charge in [0, 0.05) is 24.3 Å². The fourth-order valence-corrected chi connectivity index (χ4v) is 15.6. The van der Waals surface area contributed by atoms with Crippen LogP contribution in [0.5, 0.6) is 0 Å². The van der Waals surface area contributed by atoms with E-state index in [1.165, 1.54) is 189 Å². The van der Waals surface area contributed by atoms with Gasteiger partial charge in [-0.2, -0.15) is 10.5 Å². The molecule has 0 N–H and O–H groups in total. The van der Waals surface area contributed by atoms with Crippen LogP contribution in [0.4, 0.5) is 0 Å². The lowest BCUT2D eigenvalue weighted by atomic mass is 10.1. The summed E-state index contributed by atoms with van der Waals surface area (Å²) >= 11 is 18.9. The maximum absolute atomic E-state index is 13.2. The third kappa shape index (κ3) is 47.0. The van der Waals surface area contributed by atoms with Crippen molar-refractivity contribution in [2.24, 2.45) is 0 Å². The molecule has 0 aromatic rings. The fourth-order valence-electron chi connectivity index (χ4n) is 6.88. The highest BCUT2D eigenvalue weighted by atomic mass is 33.1. The molecule has 18 heteroatoms. The Labute approximate surface area is 465 Å². The van der Waals surface area contributed by atoms with Crippen molar-refractivity contribution in [3.05, 3.63) is 0 Å². The zero-order valence-electron chi connectivity index (χ0n) is 43.2. The molecule has 0 spiro atoms. The first-order valence-electron chi connectivity index (χ1n) is 26.2. The van der Waals surface area contributed by atoms with E-state index < -0.39 is 27.9 Å². The summed E-state index contributed by atoms with van der Waals surface area (Å²) in [6.45, 7) is 9.13. The Morgan fingerprint density at radius 1 is 0.507 bits per heavy atom. The Kier molecular flexibility index (Phi) is 51.6. The summed E-state index contributed by atoms with van der Waals surface area (Å²) in [6.07, 6.45) is 35.2. The van der Waals surface area contributed by atoms with Gasteiger partial charge in [-0.05, 0) is 63.9 Å². The van der Waals surface area contributed by atoms with E-state index in [4.69, 9.17) is 42.3 Å². The van der Waals surface area contributed by atoms with E-state index in [-0.39, 0.29) is 25.7 Å². The van der Waals surface area contributed by atoms with E-state index in [0.29, 0.717) is 13.7 Å². The highest BCUT2D eigenvalue weighted by molar-refractivity contribution is 8.76. The fraction of sp³-hybridized carbons (Fsp3) is 0.882. The molecule has 2 atom stereocenters. The highest BCUT2D eigenvalue weighted by Gasteiger charge is 2.31. The van der Waals surface area contributed by atoms with Crippen LogP contribution in [0.2, 0.25) is 0 Å². The summed E-state index contributed by atoms with van der Waals surface area (Å²) in [7, 11) is 3.92. The Bertz CT molecular complexity index is 1290. The number of ether oxygens (including phenoxy) is 2. The number of nitrogens with zero attached hydrogens (tertiary/aromatic N) is 2. The molecule has 69 heavy (non-hydrogen) atoms. The summed E-state index contributed by atoms with van der Waals surface area (Å²) in [4.78, 5) is 26.4. The smallest absolute Gasteiger partial charge is 0.376 e. The number of thioether (sulfide) groups is 4. The van der Waals surface area contributed by atoms with Gasteiger partial charge in [0.15, 0.2) is 0 Å². The second-order valence-corrected chi connectivity index (χ2v) is 29.8. The lowest BCUT2D eigenvalue weighted by Crippen LogP contribution is -2.28. The van der Waals surface area contributed by atoms with Crippen molar-refractivity contribution in [3.8, 4) is 12.1 Å². The second-order valence-electron chi connectivity index (χ2n) is 17.8. The zero-order valence-corrected chi connectivity index (χ0v) is 51.3. The van der Waals surface area contributed by atoms with Crippen LogP contribution in [-0.4, -0.2) is 64.6 Å². The summed E-state index contributed by atoms with van der Waals surface area (Å²) in [6, 6.07) is 4.66. The van der Waals surface area contributed by atoms with Gasteiger partial charge in [-0.15, -0.1) is 23.5 Å². The van der Waals surface area contributed by atoms with Gasteiger partial charge < -0.3 is 13.7 Å². The van der Waals surface area contributed by atoms with Crippen molar-refractivity contribution in [1.29, 1.82) is 10.5 Å². The molecule has 0 amide bonds. The molecule has 0 fully saturated rings. The molecule has 0 radical (unpaired) electrons. The maximum atomic E-state index is 13.2. The molecule has 0 aliphatic carbocycles. The number of hydrogen-bond acceptors (Lipinski definition) is 18. The molecule has 0 bridgehead atoms. The molecule has 2 unspecified atom stereocenters. The number of nitriles is 2. The van der Waals surface area contributed by atoms with Gasteiger partial charge in [-0.1, -0.05) is 244 Å². The third-order valence-electron chi connectivity index (χ3n) is 11.2. The van der Waals surface area contributed by atoms with Gasteiger partial charge in [0.25, 0.3) is 0 Å². The third-order valence-corrected chi connectivity index (χ3v) is 20.7. The van der Waals surface area contributed by atoms with E-state index in [0.717, 1.165) is 59.3 Å². The number of carbonyl (C=O) groups excluding carboxylic acids is 2. The van der Waals surface area contributed by atoms with Crippen LogP contribution in [0.1, 0.15) is 240 Å².